The first-order chi connectivity index (χ1) is 11.6. The third-order valence-electron chi connectivity index (χ3n) is 4.83. The summed E-state index contributed by atoms with van der Waals surface area (Å²) in [5, 5.41) is 13.3. The SMILES string of the molecule is Cc1ccc(C2CC(C(=O)N[C@@H]3c4ccccc4C[C@@H]3O)NN2)o1. The first kappa shape index (κ1) is 15.4. The van der Waals surface area contributed by atoms with E-state index >= 15 is 0 Å². The molecule has 2 aliphatic rings. The number of amides is 1. The number of hydrogen-bond acceptors (Lipinski definition) is 5. The summed E-state index contributed by atoms with van der Waals surface area (Å²) in [7, 11) is 0. The van der Waals surface area contributed by atoms with Gasteiger partial charge in [-0.15, -0.1) is 0 Å². The van der Waals surface area contributed by atoms with Crippen molar-refractivity contribution in [2.75, 3.05) is 0 Å². The van der Waals surface area contributed by atoms with Gasteiger partial charge in [-0.25, -0.2) is 10.9 Å². The Balaban J connectivity index is 1.42. The molecule has 4 atom stereocenters. The number of aryl methyl sites for hydroxylation is 1. The maximum absolute atomic E-state index is 12.6. The van der Waals surface area contributed by atoms with Crippen LogP contribution >= 0.6 is 0 Å². The second kappa shape index (κ2) is 6.05. The molecule has 6 heteroatoms. The van der Waals surface area contributed by atoms with Crippen LogP contribution in [0.3, 0.4) is 0 Å². The van der Waals surface area contributed by atoms with Gasteiger partial charge in [0.15, 0.2) is 0 Å². The summed E-state index contributed by atoms with van der Waals surface area (Å²) < 4.78 is 5.62. The van der Waals surface area contributed by atoms with Crippen LogP contribution < -0.4 is 16.2 Å². The Bertz CT molecular complexity index is 757. The first-order valence-corrected chi connectivity index (χ1v) is 8.25. The minimum atomic E-state index is -0.579. The van der Waals surface area contributed by atoms with Gasteiger partial charge in [-0.2, -0.15) is 0 Å². The molecule has 6 nitrogen and oxygen atoms in total. The number of hydrogen-bond donors (Lipinski definition) is 4. The van der Waals surface area contributed by atoms with Gasteiger partial charge in [-0.3, -0.25) is 4.79 Å². The van der Waals surface area contributed by atoms with E-state index in [1.165, 1.54) is 0 Å². The number of hydrazine groups is 1. The largest absolute Gasteiger partial charge is 0.465 e. The molecule has 1 amide bonds. The molecular formula is C18H21N3O3. The summed E-state index contributed by atoms with van der Waals surface area (Å²) in [6, 6.07) is 10.9. The number of rotatable bonds is 3. The molecule has 0 spiro atoms. The molecule has 0 saturated carbocycles. The van der Waals surface area contributed by atoms with Gasteiger partial charge in [-0.05, 0) is 36.6 Å². The molecule has 1 aromatic heterocycles. The molecule has 1 aromatic carbocycles. The Kier molecular flexibility index (Phi) is 3.88. The average Bonchev–Trinajstić information content (AvgIpc) is 3.27. The van der Waals surface area contributed by atoms with Crippen LogP contribution in [0.4, 0.5) is 0 Å². The molecule has 1 aliphatic carbocycles. The van der Waals surface area contributed by atoms with Crippen LogP contribution in [0, 0.1) is 6.92 Å². The van der Waals surface area contributed by atoms with Crippen molar-refractivity contribution in [1.82, 2.24) is 16.2 Å². The van der Waals surface area contributed by atoms with Crippen molar-refractivity contribution in [3.63, 3.8) is 0 Å². The zero-order valence-corrected chi connectivity index (χ0v) is 13.5. The Morgan fingerprint density at radius 1 is 1.25 bits per heavy atom. The highest BCUT2D eigenvalue weighted by Gasteiger charge is 2.36. The molecule has 24 heavy (non-hydrogen) atoms. The van der Waals surface area contributed by atoms with Gasteiger partial charge < -0.3 is 14.8 Å². The molecule has 4 N–H and O–H groups in total. The van der Waals surface area contributed by atoms with Gasteiger partial charge >= 0.3 is 0 Å². The molecule has 0 radical (unpaired) electrons. The lowest BCUT2D eigenvalue weighted by Crippen LogP contribution is -2.46. The van der Waals surface area contributed by atoms with Crippen molar-refractivity contribution < 1.29 is 14.3 Å². The van der Waals surface area contributed by atoms with Gasteiger partial charge in [-0.1, -0.05) is 24.3 Å². The summed E-state index contributed by atoms with van der Waals surface area (Å²) in [4.78, 5) is 12.6. The Morgan fingerprint density at radius 3 is 2.88 bits per heavy atom. The van der Waals surface area contributed by atoms with E-state index in [0.29, 0.717) is 12.8 Å². The molecule has 1 aliphatic heterocycles. The molecule has 2 heterocycles. The van der Waals surface area contributed by atoms with Crippen molar-refractivity contribution in [3.8, 4) is 0 Å². The monoisotopic (exact) mass is 327 g/mol. The summed E-state index contributed by atoms with van der Waals surface area (Å²) in [5.41, 5.74) is 8.23. The lowest BCUT2D eigenvalue weighted by atomic mass is 10.1. The lowest BCUT2D eigenvalue weighted by Gasteiger charge is -2.20. The van der Waals surface area contributed by atoms with E-state index < -0.39 is 6.10 Å². The highest BCUT2D eigenvalue weighted by Crippen LogP contribution is 2.32. The lowest BCUT2D eigenvalue weighted by molar-refractivity contribution is -0.124. The number of nitrogens with one attached hydrogen (secondary N) is 3. The fourth-order valence-corrected chi connectivity index (χ4v) is 3.56. The van der Waals surface area contributed by atoms with E-state index in [4.69, 9.17) is 4.42 Å². The molecule has 0 bridgehead atoms. The summed E-state index contributed by atoms with van der Waals surface area (Å²) in [6.45, 7) is 1.90. The molecule has 4 rings (SSSR count). The van der Waals surface area contributed by atoms with E-state index in [1.807, 2.05) is 43.3 Å². The second-order valence-corrected chi connectivity index (χ2v) is 6.53. The zero-order chi connectivity index (χ0) is 16.7. The van der Waals surface area contributed by atoms with Crippen molar-refractivity contribution in [1.29, 1.82) is 0 Å². The topological polar surface area (TPSA) is 86.5 Å². The summed E-state index contributed by atoms with van der Waals surface area (Å²) in [5.74, 6) is 1.56. The fraction of sp³-hybridized carbons (Fsp3) is 0.389. The van der Waals surface area contributed by atoms with Crippen LogP contribution in [0.15, 0.2) is 40.8 Å². The van der Waals surface area contributed by atoms with Crippen LogP contribution in [0.1, 0.15) is 41.2 Å². The van der Waals surface area contributed by atoms with Gasteiger partial charge in [0.05, 0.1) is 18.2 Å². The number of carbonyl (C=O) groups excluding carboxylic acids is 1. The van der Waals surface area contributed by atoms with Crippen LogP contribution in [0.2, 0.25) is 0 Å². The molecular weight excluding hydrogens is 306 g/mol. The fourth-order valence-electron chi connectivity index (χ4n) is 3.56. The van der Waals surface area contributed by atoms with Gasteiger partial charge in [0.2, 0.25) is 5.91 Å². The van der Waals surface area contributed by atoms with E-state index in [1.54, 1.807) is 0 Å². The first-order valence-electron chi connectivity index (χ1n) is 8.25. The Labute approximate surface area is 140 Å². The molecule has 2 unspecified atom stereocenters. The van der Waals surface area contributed by atoms with Crippen molar-refractivity contribution in [2.24, 2.45) is 0 Å². The Hall–Kier alpha value is -2.15. The van der Waals surface area contributed by atoms with Gasteiger partial charge in [0, 0.05) is 6.42 Å². The standard InChI is InChI=1S/C18H21N3O3/c1-10-6-7-16(24-10)13-9-14(21-20-13)18(23)19-17-12-5-3-2-4-11(12)8-15(17)22/h2-7,13-15,17,20-22H,8-9H2,1H3,(H,19,23)/t13?,14?,15-,17+/m0/s1. The van der Waals surface area contributed by atoms with Crippen molar-refractivity contribution in [3.05, 3.63) is 59.0 Å². The number of furan rings is 1. The summed E-state index contributed by atoms with van der Waals surface area (Å²) >= 11 is 0. The highest BCUT2D eigenvalue weighted by molar-refractivity contribution is 5.82. The van der Waals surface area contributed by atoms with Crippen LogP contribution in [0.25, 0.3) is 0 Å². The van der Waals surface area contributed by atoms with E-state index in [9.17, 15) is 9.90 Å². The molecule has 2 aromatic rings. The molecule has 1 fully saturated rings. The van der Waals surface area contributed by atoms with E-state index in [-0.39, 0.29) is 24.0 Å². The zero-order valence-electron chi connectivity index (χ0n) is 13.5. The average molecular weight is 327 g/mol. The predicted molar refractivity (Wildman–Crippen MR) is 87.9 cm³/mol. The third kappa shape index (κ3) is 2.73. The number of aliphatic hydroxyl groups is 1. The minimum Gasteiger partial charge on any atom is -0.465 e. The van der Waals surface area contributed by atoms with Crippen molar-refractivity contribution >= 4 is 5.91 Å². The molecule has 1 saturated heterocycles. The number of benzene rings is 1. The van der Waals surface area contributed by atoms with Crippen LogP contribution in [-0.4, -0.2) is 23.2 Å². The molecule has 126 valence electrons. The number of aliphatic hydroxyl groups excluding tert-OH is 1. The normalized spacial score (nSPS) is 28.8. The van der Waals surface area contributed by atoms with Gasteiger partial charge in [0.1, 0.15) is 17.6 Å². The number of carbonyl (C=O) groups is 1. The van der Waals surface area contributed by atoms with E-state index in [0.717, 1.165) is 22.6 Å². The highest BCUT2D eigenvalue weighted by atomic mass is 16.3. The minimum absolute atomic E-state index is 0.0322. The van der Waals surface area contributed by atoms with Gasteiger partial charge in [0.25, 0.3) is 0 Å². The quantitative estimate of drug-likeness (QED) is 0.682. The van der Waals surface area contributed by atoms with Crippen molar-refractivity contribution in [2.45, 2.75) is 44.0 Å². The maximum Gasteiger partial charge on any atom is 0.239 e. The second-order valence-electron chi connectivity index (χ2n) is 6.53. The smallest absolute Gasteiger partial charge is 0.239 e. The van der Waals surface area contributed by atoms with Crippen LogP contribution in [0.5, 0.6) is 0 Å². The number of fused-ring (bicyclic) bond motifs is 1. The maximum atomic E-state index is 12.6. The Morgan fingerprint density at radius 2 is 2.08 bits per heavy atom. The van der Waals surface area contributed by atoms with E-state index in [2.05, 4.69) is 16.2 Å². The van der Waals surface area contributed by atoms with Crippen LogP contribution in [-0.2, 0) is 11.2 Å². The summed E-state index contributed by atoms with van der Waals surface area (Å²) in [6.07, 6.45) is 0.596. The third-order valence-corrected chi connectivity index (χ3v) is 4.83. The predicted octanol–water partition coefficient (Wildman–Crippen LogP) is 1.27.